The first-order valence-electron chi connectivity index (χ1n) is 7.73. The first kappa shape index (κ1) is 14.1. The number of nitrogens with zero attached hydrogens (tertiary/aromatic N) is 1. The van der Waals surface area contributed by atoms with E-state index in [1.807, 2.05) is 44.2 Å². The van der Waals surface area contributed by atoms with Crippen LogP contribution >= 0.6 is 0 Å². The number of hydrogen-bond acceptors (Lipinski definition) is 2. The van der Waals surface area contributed by atoms with E-state index >= 15 is 0 Å². The maximum absolute atomic E-state index is 12.9. The predicted octanol–water partition coefficient (Wildman–Crippen LogP) is 2.26. The summed E-state index contributed by atoms with van der Waals surface area (Å²) < 4.78 is 0. The second kappa shape index (κ2) is 5.17. The van der Waals surface area contributed by atoms with Crippen molar-refractivity contribution in [2.75, 3.05) is 6.54 Å². The molecule has 3 rings (SSSR count). The lowest BCUT2D eigenvalue weighted by Crippen LogP contribution is -2.66. The average molecular weight is 286 g/mol. The number of carbonyl (C=O) groups excluding carboxylic acids is 2. The highest BCUT2D eigenvalue weighted by atomic mass is 16.2. The highest BCUT2D eigenvalue weighted by Crippen LogP contribution is 2.36. The van der Waals surface area contributed by atoms with Gasteiger partial charge in [-0.25, -0.2) is 0 Å². The number of benzene rings is 1. The largest absolute Gasteiger partial charge is 0.340 e. The molecule has 0 spiro atoms. The molecule has 2 amide bonds. The molecule has 1 aliphatic heterocycles. The van der Waals surface area contributed by atoms with Crippen molar-refractivity contribution >= 4 is 11.8 Å². The fraction of sp³-hybridized carbons (Fsp3) is 0.529. The molecule has 0 aromatic heterocycles. The van der Waals surface area contributed by atoms with Crippen molar-refractivity contribution in [3.63, 3.8) is 0 Å². The van der Waals surface area contributed by atoms with Gasteiger partial charge in [0, 0.05) is 6.54 Å². The zero-order chi connectivity index (χ0) is 15.0. The van der Waals surface area contributed by atoms with Crippen LogP contribution in [0, 0.1) is 5.92 Å². The van der Waals surface area contributed by atoms with Crippen LogP contribution in [0.15, 0.2) is 30.3 Å². The van der Waals surface area contributed by atoms with E-state index < -0.39 is 11.6 Å². The molecule has 1 aromatic rings. The topological polar surface area (TPSA) is 49.4 Å². The Morgan fingerprint density at radius 2 is 1.90 bits per heavy atom. The Kier molecular flexibility index (Phi) is 3.47. The van der Waals surface area contributed by atoms with Gasteiger partial charge in [-0.15, -0.1) is 0 Å². The molecule has 2 unspecified atom stereocenters. The van der Waals surface area contributed by atoms with Crippen molar-refractivity contribution in [1.82, 2.24) is 10.2 Å². The molecule has 1 aromatic carbocycles. The van der Waals surface area contributed by atoms with Crippen LogP contribution < -0.4 is 5.32 Å². The van der Waals surface area contributed by atoms with E-state index in [4.69, 9.17) is 0 Å². The van der Waals surface area contributed by atoms with Crippen LogP contribution in [-0.2, 0) is 9.59 Å². The quantitative estimate of drug-likeness (QED) is 0.923. The Hall–Kier alpha value is -1.84. The molecule has 0 bridgehead atoms. The van der Waals surface area contributed by atoms with Gasteiger partial charge < -0.3 is 10.2 Å². The number of piperazine rings is 1. The van der Waals surface area contributed by atoms with Crippen LogP contribution in [-0.4, -0.2) is 28.8 Å². The molecule has 0 radical (unpaired) electrons. The van der Waals surface area contributed by atoms with Crippen molar-refractivity contribution in [1.29, 1.82) is 0 Å². The molecule has 4 heteroatoms. The molecule has 1 N–H and O–H groups in total. The fourth-order valence-corrected chi connectivity index (χ4v) is 2.94. The fourth-order valence-electron chi connectivity index (χ4n) is 2.94. The normalized spacial score (nSPS) is 29.4. The monoisotopic (exact) mass is 286 g/mol. The minimum absolute atomic E-state index is 0.0466. The SMILES string of the molecule is CCC1(C)NC(=O)C(c2ccccc2)N(CC2CC2)C1=O. The smallest absolute Gasteiger partial charge is 0.248 e. The lowest BCUT2D eigenvalue weighted by atomic mass is 9.89. The average Bonchev–Trinajstić information content (AvgIpc) is 3.29. The summed E-state index contributed by atoms with van der Waals surface area (Å²) in [6, 6.07) is 9.11. The lowest BCUT2D eigenvalue weighted by Gasteiger charge is -2.44. The minimum Gasteiger partial charge on any atom is -0.340 e. The van der Waals surface area contributed by atoms with Gasteiger partial charge in [0.05, 0.1) is 0 Å². The maximum atomic E-state index is 12.9. The molecule has 112 valence electrons. The lowest BCUT2D eigenvalue weighted by molar-refractivity contribution is -0.155. The van der Waals surface area contributed by atoms with Gasteiger partial charge in [0.2, 0.25) is 11.8 Å². The van der Waals surface area contributed by atoms with Crippen LogP contribution in [0.4, 0.5) is 0 Å². The third kappa shape index (κ3) is 2.55. The van der Waals surface area contributed by atoms with Crippen molar-refractivity contribution in [2.45, 2.75) is 44.7 Å². The summed E-state index contributed by atoms with van der Waals surface area (Å²) in [5, 5.41) is 2.93. The number of carbonyl (C=O) groups is 2. The number of nitrogens with one attached hydrogen (secondary N) is 1. The van der Waals surface area contributed by atoms with E-state index in [-0.39, 0.29) is 11.8 Å². The highest BCUT2D eigenvalue weighted by molar-refractivity contribution is 6.00. The Balaban J connectivity index is 1.96. The van der Waals surface area contributed by atoms with E-state index in [1.165, 1.54) is 0 Å². The maximum Gasteiger partial charge on any atom is 0.248 e. The van der Waals surface area contributed by atoms with Gasteiger partial charge in [0.1, 0.15) is 11.6 Å². The van der Waals surface area contributed by atoms with Crippen LogP contribution in [0.1, 0.15) is 44.7 Å². The zero-order valence-corrected chi connectivity index (χ0v) is 12.6. The highest BCUT2D eigenvalue weighted by Gasteiger charge is 2.48. The zero-order valence-electron chi connectivity index (χ0n) is 12.6. The van der Waals surface area contributed by atoms with Gasteiger partial charge >= 0.3 is 0 Å². The van der Waals surface area contributed by atoms with E-state index in [0.717, 1.165) is 18.4 Å². The summed E-state index contributed by atoms with van der Waals surface area (Å²) in [5.74, 6) is 0.545. The van der Waals surface area contributed by atoms with Crippen LogP contribution in [0.25, 0.3) is 0 Å². The van der Waals surface area contributed by atoms with Crippen LogP contribution in [0.3, 0.4) is 0 Å². The second-order valence-corrected chi connectivity index (χ2v) is 6.39. The van der Waals surface area contributed by atoms with E-state index in [2.05, 4.69) is 5.32 Å². The third-order valence-corrected chi connectivity index (χ3v) is 4.67. The molecule has 1 aliphatic carbocycles. The Bertz CT molecular complexity index is 553. The standard InChI is InChI=1S/C17H22N2O2/c1-3-17(2)16(21)19(11-12-9-10-12)14(15(20)18-17)13-7-5-4-6-8-13/h4-8,12,14H,3,9-11H2,1-2H3,(H,18,20). The molecule has 1 saturated heterocycles. The van der Waals surface area contributed by atoms with Crippen LogP contribution in [0.2, 0.25) is 0 Å². The molecule has 2 atom stereocenters. The van der Waals surface area contributed by atoms with Gasteiger partial charge in [-0.3, -0.25) is 9.59 Å². The van der Waals surface area contributed by atoms with E-state index in [0.29, 0.717) is 18.9 Å². The Morgan fingerprint density at radius 3 is 2.48 bits per heavy atom. The molecular weight excluding hydrogens is 264 g/mol. The number of hydrogen-bond donors (Lipinski definition) is 1. The number of rotatable bonds is 4. The second-order valence-electron chi connectivity index (χ2n) is 6.39. The Labute approximate surface area is 125 Å². The van der Waals surface area contributed by atoms with Crippen LogP contribution in [0.5, 0.6) is 0 Å². The third-order valence-electron chi connectivity index (χ3n) is 4.67. The van der Waals surface area contributed by atoms with E-state index in [1.54, 1.807) is 4.90 Å². The first-order chi connectivity index (χ1) is 10.0. The Morgan fingerprint density at radius 1 is 1.24 bits per heavy atom. The van der Waals surface area contributed by atoms with Crippen molar-refractivity contribution < 1.29 is 9.59 Å². The molecule has 4 nitrogen and oxygen atoms in total. The summed E-state index contributed by atoms with van der Waals surface area (Å²) in [5.41, 5.74) is 0.124. The summed E-state index contributed by atoms with van der Waals surface area (Å²) >= 11 is 0. The van der Waals surface area contributed by atoms with E-state index in [9.17, 15) is 9.59 Å². The van der Waals surface area contributed by atoms with Crippen molar-refractivity contribution in [3.05, 3.63) is 35.9 Å². The summed E-state index contributed by atoms with van der Waals surface area (Å²) in [6.07, 6.45) is 2.94. The molecule has 2 fully saturated rings. The van der Waals surface area contributed by atoms with Crippen molar-refractivity contribution in [3.8, 4) is 0 Å². The van der Waals surface area contributed by atoms with Gasteiger partial charge in [-0.1, -0.05) is 37.3 Å². The molecule has 21 heavy (non-hydrogen) atoms. The summed E-state index contributed by atoms with van der Waals surface area (Å²) in [4.78, 5) is 27.3. The molecular formula is C17H22N2O2. The van der Waals surface area contributed by atoms with Crippen molar-refractivity contribution in [2.24, 2.45) is 5.92 Å². The van der Waals surface area contributed by atoms with Gasteiger partial charge in [-0.2, -0.15) is 0 Å². The minimum atomic E-state index is -0.767. The van der Waals surface area contributed by atoms with Gasteiger partial charge in [-0.05, 0) is 37.7 Å². The molecule has 2 aliphatic rings. The van der Waals surface area contributed by atoms with Gasteiger partial charge in [0.25, 0.3) is 0 Å². The first-order valence-corrected chi connectivity index (χ1v) is 7.73. The molecule has 1 saturated carbocycles. The summed E-state index contributed by atoms with van der Waals surface area (Å²) in [7, 11) is 0. The predicted molar refractivity (Wildman–Crippen MR) is 80.5 cm³/mol. The summed E-state index contributed by atoms with van der Waals surface area (Å²) in [6.45, 7) is 4.46. The van der Waals surface area contributed by atoms with Gasteiger partial charge in [0.15, 0.2) is 0 Å². The molecule has 1 heterocycles. The number of amides is 2.